The molecule has 0 atom stereocenters. The second-order valence-electron chi connectivity index (χ2n) is 4.65. The van der Waals surface area contributed by atoms with Crippen LogP contribution < -0.4 is 5.32 Å². The van der Waals surface area contributed by atoms with E-state index in [1.165, 1.54) is 23.5 Å². The minimum absolute atomic E-state index is 0.0992. The molecule has 0 aliphatic rings. The third kappa shape index (κ3) is 3.96. The molecule has 2 aromatic heterocycles. The van der Waals surface area contributed by atoms with Gasteiger partial charge in [-0.15, -0.1) is 21.5 Å². The third-order valence-electron chi connectivity index (χ3n) is 2.94. The van der Waals surface area contributed by atoms with E-state index in [1.807, 2.05) is 17.5 Å². The molecule has 5 nitrogen and oxygen atoms in total. The van der Waals surface area contributed by atoms with Crippen molar-refractivity contribution in [3.05, 3.63) is 47.1 Å². The van der Waals surface area contributed by atoms with Crippen LogP contribution in [0.5, 0.6) is 0 Å². The molecule has 0 bridgehead atoms. The van der Waals surface area contributed by atoms with Crippen LogP contribution in [0.25, 0.3) is 10.8 Å². The van der Waals surface area contributed by atoms with Crippen LogP contribution in [0.2, 0.25) is 0 Å². The highest BCUT2D eigenvalue weighted by Crippen LogP contribution is 2.26. The molecule has 1 N–H and O–H groups in total. The number of rotatable bonds is 5. The van der Waals surface area contributed by atoms with Crippen molar-refractivity contribution >= 4 is 34.7 Å². The average molecular weight is 349 g/mol. The Hall–Kier alpha value is -2.19. The highest BCUT2D eigenvalue weighted by Gasteiger charge is 2.12. The molecule has 2 heterocycles. The zero-order valence-electron chi connectivity index (χ0n) is 12.1. The van der Waals surface area contributed by atoms with Crippen LogP contribution in [0.1, 0.15) is 5.56 Å². The van der Waals surface area contributed by atoms with Gasteiger partial charge in [0.1, 0.15) is 5.82 Å². The first-order chi connectivity index (χ1) is 11.1. The predicted octanol–water partition coefficient (Wildman–Crippen LogP) is 3.98. The summed E-state index contributed by atoms with van der Waals surface area (Å²) in [5, 5.41) is 12.7. The first-order valence-electron chi connectivity index (χ1n) is 6.68. The van der Waals surface area contributed by atoms with Crippen molar-refractivity contribution in [2.45, 2.75) is 12.1 Å². The zero-order valence-corrected chi connectivity index (χ0v) is 13.7. The van der Waals surface area contributed by atoms with Gasteiger partial charge in [0.05, 0.1) is 10.6 Å². The minimum atomic E-state index is -0.393. The molecule has 118 valence electrons. The van der Waals surface area contributed by atoms with E-state index in [9.17, 15) is 9.18 Å². The molecule has 0 spiro atoms. The SMILES string of the molecule is Cc1ccc(F)cc1NC(=O)CSc1nnc(-c2cccs2)o1. The van der Waals surface area contributed by atoms with Crippen LogP contribution in [0.4, 0.5) is 10.1 Å². The summed E-state index contributed by atoms with van der Waals surface area (Å²) in [6.07, 6.45) is 0. The maximum atomic E-state index is 13.2. The Morgan fingerprint density at radius 3 is 3.04 bits per heavy atom. The third-order valence-corrected chi connectivity index (χ3v) is 4.62. The Morgan fingerprint density at radius 1 is 1.39 bits per heavy atom. The van der Waals surface area contributed by atoms with Crippen molar-refractivity contribution in [2.75, 3.05) is 11.1 Å². The van der Waals surface area contributed by atoms with E-state index in [0.29, 0.717) is 16.8 Å². The molecule has 0 fully saturated rings. The molecule has 1 amide bonds. The maximum Gasteiger partial charge on any atom is 0.277 e. The van der Waals surface area contributed by atoms with E-state index >= 15 is 0 Å². The summed E-state index contributed by atoms with van der Waals surface area (Å²) in [5.74, 6) is -0.123. The van der Waals surface area contributed by atoms with Crippen molar-refractivity contribution in [1.29, 1.82) is 0 Å². The normalized spacial score (nSPS) is 10.7. The van der Waals surface area contributed by atoms with Gasteiger partial charge in [-0.2, -0.15) is 0 Å². The number of amides is 1. The van der Waals surface area contributed by atoms with Gasteiger partial charge in [0.15, 0.2) is 0 Å². The largest absolute Gasteiger partial charge is 0.410 e. The van der Waals surface area contributed by atoms with Crippen molar-refractivity contribution in [1.82, 2.24) is 10.2 Å². The van der Waals surface area contributed by atoms with E-state index in [4.69, 9.17) is 4.42 Å². The Morgan fingerprint density at radius 2 is 2.26 bits per heavy atom. The Labute approximate surface area is 139 Å². The lowest BCUT2D eigenvalue weighted by atomic mass is 10.2. The molecule has 0 unspecified atom stereocenters. The number of hydrogen-bond donors (Lipinski definition) is 1. The quantitative estimate of drug-likeness (QED) is 0.706. The number of nitrogens with one attached hydrogen (secondary N) is 1. The average Bonchev–Trinajstić information content (AvgIpc) is 3.19. The van der Waals surface area contributed by atoms with Gasteiger partial charge < -0.3 is 9.73 Å². The van der Waals surface area contributed by atoms with Crippen LogP contribution in [0.15, 0.2) is 45.4 Å². The number of anilines is 1. The van der Waals surface area contributed by atoms with Gasteiger partial charge in [0.2, 0.25) is 5.91 Å². The van der Waals surface area contributed by atoms with Crippen LogP contribution in [-0.4, -0.2) is 21.9 Å². The molecule has 0 saturated heterocycles. The zero-order chi connectivity index (χ0) is 16.2. The highest BCUT2D eigenvalue weighted by molar-refractivity contribution is 7.99. The molecule has 23 heavy (non-hydrogen) atoms. The molecular weight excluding hydrogens is 337 g/mol. The molecule has 1 aromatic carbocycles. The van der Waals surface area contributed by atoms with Crippen molar-refractivity contribution in [2.24, 2.45) is 0 Å². The maximum absolute atomic E-state index is 13.2. The lowest BCUT2D eigenvalue weighted by Crippen LogP contribution is -2.15. The second-order valence-corrected chi connectivity index (χ2v) is 6.52. The lowest BCUT2D eigenvalue weighted by molar-refractivity contribution is -0.113. The fourth-order valence-electron chi connectivity index (χ4n) is 1.81. The lowest BCUT2D eigenvalue weighted by Gasteiger charge is -2.07. The molecule has 0 aliphatic heterocycles. The number of carbonyl (C=O) groups excluding carboxylic acids is 1. The molecular formula is C15H12FN3O2S2. The van der Waals surface area contributed by atoms with Crippen LogP contribution in [-0.2, 0) is 4.79 Å². The number of benzene rings is 1. The fraction of sp³-hybridized carbons (Fsp3) is 0.133. The van der Waals surface area contributed by atoms with Gasteiger partial charge in [-0.25, -0.2) is 4.39 Å². The molecule has 3 rings (SSSR count). The van der Waals surface area contributed by atoms with Gasteiger partial charge in [-0.1, -0.05) is 23.9 Å². The van der Waals surface area contributed by atoms with E-state index in [2.05, 4.69) is 15.5 Å². The standard InChI is InChI=1S/C15H12FN3O2S2/c1-9-4-5-10(16)7-11(9)17-13(20)8-23-15-19-18-14(21-15)12-3-2-6-22-12/h2-7H,8H2,1H3,(H,17,20). The van der Waals surface area contributed by atoms with E-state index in [-0.39, 0.29) is 11.7 Å². The Kier molecular flexibility index (Phi) is 4.73. The Bertz CT molecular complexity index is 818. The number of aryl methyl sites for hydroxylation is 1. The van der Waals surface area contributed by atoms with Crippen LogP contribution in [0.3, 0.4) is 0 Å². The van der Waals surface area contributed by atoms with Crippen LogP contribution in [0, 0.1) is 12.7 Å². The first-order valence-corrected chi connectivity index (χ1v) is 8.54. The van der Waals surface area contributed by atoms with Crippen molar-refractivity contribution < 1.29 is 13.6 Å². The summed E-state index contributed by atoms with van der Waals surface area (Å²) >= 11 is 2.63. The van der Waals surface area contributed by atoms with Gasteiger partial charge in [0, 0.05) is 5.69 Å². The number of carbonyl (C=O) groups is 1. The number of halogens is 1. The van der Waals surface area contributed by atoms with E-state index < -0.39 is 5.82 Å². The molecule has 0 saturated carbocycles. The van der Waals surface area contributed by atoms with Gasteiger partial charge in [0.25, 0.3) is 11.1 Å². The van der Waals surface area contributed by atoms with E-state index in [0.717, 1.165) is 22.2 Å². The minimum Gasteiger partial charge on any atom is -0.410 e. The van der Waals surface area contributed by atoms with Crippen LogP contribution >= 0.6 is 23.1 Å². The molecule has 0 aliphatic carbocycles. The summed E-state index contributed by atoms with van der Waals surface area (Å²) in [5.41, 5.74) is 1.25. The number of hydrogen-bond acceptors (Lipinski definition) is 6. The number of nitrogens with zero attached hydrogens (tertiary/aromatic N) is 2. The smallest absolute Gasteiger partial charge is 0.277 e. The topological polar surface area (TPSA) is 68.0 Å². The monoisotopic (exact) mass is 349 g/mol. The number of thioether (sulfide) groups is 1. The molecule has 3 aromatic rings. The highest BCUT2D eigenvalue weighted by atomic mass is 32.2. The molecule has 0 radical (unpaired) electrons. The van der Waals surface area contributed by atoms with Crippen molar-refractivity contribution in [3.63, 3.8) is 0 Å². The first kappa shape index (κ1) is 15.7. The van der Waals surface area contributed by atoms with E-state index in [1.54, 1.807) is 13.0 Å². The summed E-state index contributed by atoms with van der Waals surface area (Å²) in [7, 11) is 0. The molecule has 8 heteroatoms. The van der Waals surface area contributed by atoms with Gasteiger partial charge >= 0.3 is 0 Å². The Balaban J connectivity index is 1.58. The summed E-state index contributed by atoms with van der Waals surface area (Å²) in [6, 6.07) is 8.03. The second kappa shape index (κ2) is 6.93. The van der Waals surface area contributed by atoms with Crippen molar-refractivity contribution in [3.8, 4) is 10.8 Å². The summed E-state index contributed by atoms with van der Waals surface area (Å²) < 4.78 is 18.7. The summed E-state index contributed by atoms with van der Waals surface area (Å²) in [6.45, 7) is 1.80. The van der Waals surface area contributed by atoms with Gasteiger partial charge in [-0.05, 0) is 36.1 Å². The number of thiophene rings is 1. The predicted molar refractivity (Wildman–Crippen MR) is 88.1 cm³/mol. The summed E-state index contributed by atoms with van der Waals surface area (Å²) in [4.78, 5) is 12.8. The van der Waals surface area contributed by atoms with Gasteiger partial charge in [-0.3, -0.25) is 4.79 Å². The number of aromatic nitrogens is 2. The fourth-order valence-corrected chi connectivity index (χ4v) is 3.02.